The Kier molecular flexibility index (Phi) is 7.22. The molecule has 4 amide bonds. The summed E-state index contributed by atoms with van der Waals surface area (Å²) in [7, 11) is 0. The van der Waals surface area contributed by atoms with Crippen LogP contribution in [-0.4, -0.2) is 47.1 Å². The van der Waals surface area contributed by atoms with Gasteiger partial charge in [-0.3, -0.25) is 24.1 Å². The van der Waals surface area contributed by atoms with Crippen molar-refractivity contribution in [3.63, 3.8) is 0 Å². The lowest BCUT2D eigenvalue weighted by Gasteiger charge is -2.25. The number of carbonyl (C=O) groups excluding carboxylic acids is 5. The first-order valence-electron chi connectivity index (χ1n) is 10.5. The molecular formula is C24H25N3O6. The van der Waals surface area contributed by atoms with Crippen molar-refractivity contribution in [3.8, 4) is 0 Å². The summed E-state index contributed by atoms with van der Waals surface area (Å²) in [6.45, 7) is 4.52. The Balaban J connectivity index is 1.64. The SMILES string of the molecule is CC(=O)Nc1ccc(NC(=O)COC(=O)C(CC(C)C)N2C(=O)c3ccccc3C2=O)cc1. The van der Waals surface area contributed by atoms with E-state index in [1.807, 2.05) is 13.8 Å². The second kappa shape index (κ2) is 10.1. The van der Waals surface area contributed by atoms with Crippen molar-refractivity contribution in [2.75, 3.05) is 17.2 Å². The zero-order chi connectivity index (χ0) is 24.1. The van der Waals surface area contributed by atoms with E-state index in [9.17, 15) is 24.0 Å². The van der Waals surface area contributed by atoms with Gasteiger partial charge in [0.1, 0.15) is 6.04 Å². The van der Waals surface area contributed by atoms with Crippen molar-refractivity contribution in [1.82, 2.24) is 4.90 Å². The molecule has 9 heteroatoms. The normalized spacial score (nSPS) is 13.5. The molecule has 2 N–H and O–H groups in total. The molecule has 1 aliphatic rings. The van der Waals surface area contributed by atoms with E-state index in [-0.39, 0.29) is 29.4 Å². The number of amides is 4. The van der Waals surface area contributed by atoms with Crippen LogP contribution in [0, 0.1) is 5.92 Å². The molecule has 0 radical (unpaired) electrons. The topological polar surface area (TPSA) is 122 Å². The summed E-state index contributed by atoms with van der Waals surface area (Å²) in [5.74, 6) is -2.74. The Morgan fingerprint density at radius 1 is 0.879 bits per heavy atom. The molecule has 2 aromatic rings. The number of ether oxygens (including phenoxy) is 1. The smallest absolute Gasteiger partial charge is 0.329 e. The number of carbonyl (C=O) groups is 5. The molecular weight excluding hydrogens is 426 g/mol. The fourth-order valence-corrected chi connectivity index (χ4v) is 3.51. The summed E-state index contributed by atoms with van der Waals surface area (Å²) >= 11 is 0. The van der Waals surface area contributed by atoms with Gasteiger partial charge >= 0.3 is 5.97 Å². The Bertz CT molecular complexity index is 1060. The number of nitrogens with zero attached hydrogens (tertiary/aromatic N) is 1. The number of imide groups is 1. The van der Waals surface area contributed by atoms with Crippen LogP contribution in [0.2, 0.25) is 0 Å². The lowest BCUT2D eigenvalue weighted by Crippen LogP contribution is -2.46. The van der Waals surface area contributed by atoms with Gasteiger partial charge in [0.25, 0.3) is 17.7 Å². The quantitative estimate of drug-likeness (QED) is 0.470. The first-order valence-corrected chi connectivity index (χ1v) is 10.5. The third-order valence-electron chi connectivity index (χ3n) is 4.94. The van der Waals surface area contributed by atoms with Gasteiger partial charge in [-0.05, 0) is 48.7 Å². The monoisotopic (exact) mass is 451 g/mol. The molecule has 3 rings (SSSR count). The third kappa shape index (κ3) is 5.62. The zero-order valence-corrected chi connectivity index (χ0v) is 18.6. The van der Waals surface area contributed by atoms with Gasteiger partial charge in [0.15, 0.2) is 6.61 Å². The minimum absolute atomic E-state index is 0.0113. The van der Waals surface area contributed by atoms with E-state index < -0.39 is 36.3 Å². The number of hydrogen-bond donors (Lipinski definition) is 2. The van der Waals surface area contributed by atoms with E-state index in [0.717, 1.165) is 4.90 Å². The van der Waals surface area contributed by atoms with Crippen LogP contribution >= 0.6 is 0 Å². The Morgan fingerprint density at radius 3 is 1.88 bits per heavy atom. The second-order valence-electron chi connectivity index (χ2n) is 8.09. The van der Waals surface area contributed by atoms with Gasteiger partial charge in [-0.2, -0.15) is 0 Å². The molecule has 0 bridgehead atoms. The van der Waals surface area contributed by atoms with E-state index in [0.29, 0.717) is 11.4 Å². The van der Waals surface area contributed by atoms with Crippen LogP contribution in [0.3, 0.4) is 0 Å². The molecule has 0 saturated carbocycles. The van der Waals surface area contributed by atoms with E-state index in [4.69, 9.17) is 4.74 Å². The summed E-state index contributed by atoms with van der Waals surface area (Å²) < 4.78 is 5.17. The number of fused-ring (bicyclic) bond motifs is 1. The highest BCUT2D eigenvalue weighted by Gasteiger charge is 2.43. The molecule has 0 aliphatic carbocycles. The fraction of sp³-hybridized carbons (Fsp3) is 0.292. The lowest BCUT2D eigenvalue weighted by molar-refractivity contribution is -0.151. The molecule has 0 saturated heterocycles. The van der Waals surface area contributed by atoms with E-state index in [1.54, 1.807) is 36.4 Å². The van der Waals surface area contributed by atoms with E-state index in [2.05, 4.69) is 10.6 Å². The van der Waals surface area contributed by atoms with Gasteiger partial charge in [-0.15, -0.1) is 0 Å². The highest BCUT2D eigenvalue weighted by atomic mass is 16.5. The lowest BCUT2D eigenvalue weighted by atomic mass is 10.0. The van der Waals surface area contributed by atoms with Crippen molar-refractivity contribution in [1.29, 1.82) is 0 Å². The molecule has 1 atom stereocenters. The van der Waals surface area contributed by atoms with Crippen molar-refractivity contribution >= 4 is 41.0 Å². The van der Waals surface area contributed by atoms with Crippen LogP contribution < -0.4 is 10.6 Å². The average Bonchev–Trinajstić information content (AvgIpc) is 3.01. The first-order chi connectivity index (χ1) is 15.7. The average molecular weight is 451 g/mol. The maximum Gasteiger partial charge on any atom is 0.329 e. The third-order valence-corrected chi connectivity index (χ3v) is 4.94. The summed E-state index contributed by atoms with van der Waals surface area (Å²) in [4.78, 5) is 62.7. The van der Waals surface area contributed by atoms with Crippen LogP contribution in [0.5, 0.6) is 0 Å². The molecule has 1 heterocycles. The van der Waals surface area contributed by atoms with Crippen molar-refractivity contribution in [3.05, 3.63) is 59.7 Å². The Labute approximate surface area is 191 Å². The molecule has 0 aromatic heterocycles. The number of hydrogen-bond acceptors (Lipinski definition) is 6. The van der Waals surface area contributed by atoms with Crippen molar-refractivity contribution in [2.45, 2.75) is 33.2 Å². The minimum Gasteiger partial charge on any atom is -0.454 e. The number of nitrogens with one attached hydrogen (secondary N) is 2. The number of esters is 1. The van der Waals surface area contributed by atoms with Gasteiger partial charge < -0.3 is 15.4 Å². The zero-order valence-electron chi connectivity index (χ0n) is 18.6. The number of benzene rings is 2. The Morgan fingerprint density at radius 2 is 1.39 bits per heavy atom. The maximum atomic E-state index is 12.8. The van der Waals surface area contributed by atoms with Gasteiger partial charge in [-0.25, -0.2) is 4.79 Å². The summed E-state index contributed by atoms with van der Waals surface area (Å²) in [6, 6.07) is 11.6. The molecule has 0 spiro atoms. The van der Waals surface area contributed by atoms with Gasteiger partial charge in [0, 0.05) is 18.3 Å². The maximum absolute atomic E-state index is 12.8. The molecule has 1 unspecified atom stereocenters. The van der Waals surface area contributed by atoms with Crippen LogP contribution in [0.1, 0.15) is 47.9 Å². The largest absolute Gasteiger partial charge is 0.454 e. The van der Waals surface area contributed by atoms with E-state index >= 15 is 0 Å². The molecule has 0 fully saturated rings. The minimum atomic E-state index is -1.14. The fourth-order valence-electron chi connectivity index (χ4n) is 3.51. The van der Waals surface area contributed by atoms with Gasteiger partial charge in [-0.1, -0.05) is 26.0 Å². The molecule has 2 aromatic carbocycles. The number of anilines is 2. The summed E-state index contributed by atoms with van der Waals surface area (Å²) in [5.41, 5.74) is 1.50. The van der Waals surface area contributed by atoms with Crippen molar-refractivity contribution < 1.29 is 28.7 Å². The highest BCUT2D eigenvalue weighted by molar-refractivity contribution is 6.22. The van der Waals surface area contributed by atoms with E-state index in [1.165, 1.54) is 19.1 Å². The van der Waals surface area contributed by atoms with Gasteiger partial charge in [0.2, 0.25) is 5.91 Å². The Hall–Kier alpha value is -4.01. The van der Waals surface area contributed by atoms with Crippen LogP contribution in [0.4, 0.5) is 11.4 Å². The summed E-state index contributed by atoms with van der Waals surface area (Å²) in [6.07, 6.45) is 0.205. The first kappa shape index (κ1) is 23.6. The highest BCUT2D eigenvalue weighted by Crippen LogP contribution is 2.27. The molecule has 172 valence electrons. The predicted octanol–water partition coefficient (Wildman–Crippen LogP) is 2.84. The summed E-state index contributed by atoms with van der Waals surface area (Å²) in [5, 5.41) is 5.20. The number of rotatable bonds is 8. The van der Waals surface area contributed by atoms with Crippen LogP contribution in [-0.2, 0) is 19.1 Å². The molecule has 1 aliphatic heterocycles. The predicted molar refractivity (Wildman–Crippen MR) is 121 cm³/mol. The second-order valence-corrected chi connectivity index (χ2v) is 8.09. The molecule has 9 nitrogen and oxygen atoms in total. The molecule has 33 heavy (non-hydrogen) atoms. The van der Waals surface area contributed by atoms with Crippen LogP contribution in [0.15, 0.2) is 48.5 Å². The van der Waals surface area contributed by atoms with Gasteiger partial charge in [0.05, 0.1) is 11.1 Å². The van der Waals surface area contributed by atoms with Crippen LogP contribution in [0.25, 0.3) is 0 Å². The van der Waals surface area contributed by atoms with Crippen molar-refractivity contribution in [2.24, 2.45) is 5.92 Å². The standard InChI is InChI=1S/C24H25N3O6/c1-14(2)12-20(27-22(30)18-6-4-5-7-19(18)23(27)31)24(32)33-13-21(29)26-17-10-8-16(9-11-17)25-15(3)28/h4-11,14,20H,12-13H2,1-3H3,(H,25,28)(H,26,29).